The van der Waals surface area contributed by atoms with Crippen molar-refractivity contribution in [2.75, 3.05) is 6.54 Å². The van der Waals surface area contributed by atoms with E-state index in [4.69, 9.17) is 5.11 Å². The normalized spacial score (nSPS) is 9.23. The number of nitrogens with zero attached hydrogens (tertiary/aromatic N) is 1. The van der Waals surface area contributed by atoms with E-state index in [0.29, 0.717) is 6.54 Å². The van der Waals surface area contributed by atoms with Crippen molar-refractivity contribution in [3.63, 3.8) is 0 Å². The van der Waals surface area contributed by atoms with E-state index in [1.54, 1.807) is 0 Å². The lowest BCUT2D eigenvalue weighted by Crippen LogP contribution is -1.93. The van der Waals surface area contributed by atoms with Crippen LogP contribution >= 0.6 is 0 Å². The van der Waals surface area contributed by atoms with Crippen molar-refractivity contribution in [3.05, 3.63) is 0 Å². The van der Waals surface area contributed by atoms with Gasteiger partial charge in [0.1, 0.15) is 0 Å². The molecular formula is C9H15NO3. The van der Waals surface area contributed by atoms with Gasteiger partial charge in [-0.3, -0.25) is 4.79 Å². The molecule has 4 nitrogen and oxygen atoms in total. The van der Waals surface area contributed by atoms with Crippen molar-refractivity contribution in [2.24, 2.45) is 4.99 Å². The third-order valence-electron chi connectivity index (χ3n) is 1.73. The van der Waals surface area contributed by atoms with Gasteiger partial charge in [0.2, 0.25) is 6.08 Å². The van der Waals surface area contributed by atoms with Crippen LogP contribution in [0.5, 0.6) is 0 Å². The van der Waals surface area contributed by atoms with E-state index in [-0.39, 0.29) is 6.42 Å². The second-order valence-corrected chi connectivity index (χ2v) is 2.88. The number of hydrogen-bond acceptors (Lipinski definition) is 3. The third-order valence-corrected chi connectivity index (χ3v) is 1.73. The minimum Gasteiger partial charge on any atom is -0.481 e. The summed E-state index contributed by atoms with van der Waals surface area (Å²) in [6.45, 7) is 0.544. The van der Waals surface area contributed by atoms with Crippen LogP contribution in [0.4, 0.5) is 0 Å². The molecule has 13 heavy (non-hydrogen) atoms. The summed E-state index contributed by atoms with van der Waals surface area (Å²) in [5.74, 6) is -0.731. The summed E-state index contributed by atoms with van der Waals surface area (Å²) in [6, 6.07) is 0. The maximum absolute atomic E-state index is 10.1. The molecular weight excluding hydrogens is 170 g/mol. The zero-order valence-electron chi connectivity index (χ0n) is 7.66. The van der Waals surface area contributed by atoms with E-state index in [1.807, 2.05) is 0 Å². The maximum Gasteiger partial charge on any atom is 0.303 e. The maximum atomic E-state index is 10.1. The second kappa shape index (κ2) is 8.94. The average molecular weight is 185 g/mol. The van der Waals surface area contributed by atoms with Crippen LogP contribution in [0.15, 0.2) is 4.99 Å². The monoisotopic (exact) mass is 185 g/mol. The minimum absolute atomic E-state index is 0.256. The zero-order chi connectivity index (χ0) is 9.94. The molecule has 0 aliphatic carbocycles. The van der Waals surface area contributed by atoms with Gasteiger partial charge in [0.25, 0.3) is 0 Å². The summed E-state index contributed by atoms with van der Waals surface area (Å²) in [5, 5.41) is 8.33. The van der Waals surface area contributed by atoms with Gasteiger partial charge < -0.3 is 5.11 Å². The largest absolute Gasteiger partial charge is 0.481 e. The number of carbonyl (C=O) groups excluding carboxylic acids is 1. The molecule has 0 bridgehead atoms. The first kappa shape index (κ1) is 11.8. The first-order valence-corrected chi connectivity index (χ1v) is 4.53. The number of carbonyl (C=O) groups is 1. The van der Waals surface area contributed by atoms with Crippen molar-refractivity contribution in [1.82, 2.24) is 0 Å². The first-order chi connectivity index (χ1) is 6.27. The predicted octanol–water partition coefficient (Wildman–Crippen LogP) is 1.75. The van der Waals surface area contributed by atoms with Gasteiger partial charge in [-0.05, 0) is 12.8 Å². The van der Waals surface area contributed by atoms with E-state index in [0.717, 1.165) is 32.1 Å². The summed E-state index contributed by atoms with van der Waals surface area (Å²) in [7, 11) is 0. The lowest BCUT2D eigenvalue weighted by atomic mass is 10.1. The topological polar surface area (TPSA) is 66.7 Å². The van der Waals surface area contributed by atoms with Gasteiger partial charge in [-0.25, -0.2) is 9.79 Å². The van der Waals surface area contributed by atoms with Crippen molar-refractivity contribution in [1.29, 1.82) is 0 Å². The summed E-state index contributed by atoms with van der Waals surface area (Å²) < 4.78 is 0. The molecule has 0 atom stereocenters. The molecule has 0 aromatic heterocycles. The second-order valence-electron chi connectivity index (χ2n) is 2.88. The molecule has 0 aromatic carbocycles. The molecule has 0 saturated carbocycles. The average Bonchev–Trinajstić information content (AvgIpc) is 2.09. The van der Waals surface area contributed by atoms with Crippen LogP contribution in [0, 0.1) is 0 Å². The lowest BCUT2D eigenvalue weighted by Gasteiger charge is -1.96. The van der Waals surface area contributed by atoms with Gasteiger partial charge in [-0.15, -0.1) is 0 Å². The van der Waals surface area contributed by atoms with Gasteiger partial charge in [-0.2, -0.15) is 0 Å². The number of carboxylic acids is 1. The van der Waals surface area contributed by atoms with E-state index in [9.17, 15) is 9.59 Å². The standard InChI is InChI=1S/C9H15NO3/c11-8-10-7-5-3-1-2-4-6-9(12)13/h1-7H2,(H,12,13). The quantitative estimate of drug-likeness (QED) is 0.356. The Balaban J connectivity index is 2.99. The number of rotatable bonds is 8. The van der Waals surface area contributed by atoms with E-state index >= 15 is 0 Å². The van der Waals surface area contributed by atoms with Crippen molar-refractivity contribution in [3.8, 4) is 0 Å². The minimum atomic E-state index is -0.731. The Labute approximate surface area is 77.7 Å². The van der Waals surface area contributed by atoms with Crippen molar-refractivity contribution >= 4 is 12.0 Å². The smallest absolute Gasteiger partial charge is 0.303 e. The summed E-state index contributed by atoms with van der Waals surface area (Å²) in [6.07, 6.45) is 6.33. The van der Waals surface area contributed by atoms with Crippen molar-refractivity contribution < 1.29 is 14.7 Å². The molecule has 0 aliphatic rings. The van der Waals surface area contributed by atoms with Gasteiger partial charge in [0, 0.05) is 6.42 Å². The number of isocyanates is 1. The number of aliphatic carboxylic acids is 1. The fraction of sp³-hybridized carbons (Fsp3) is 0.778. The molecule has 74 valence electrons. The molecule has 0 fully saturated rings. The molecule has 0 rings (SSSR count). The molecule has 0 spiro atoms. The zero-order valence-corrected chi connectivity index (χ0v) is 7.66. The highest BCUT2D eigenvalue weighted by Gasteiger charge is 1.95. The lowest BCUT2D eigenvalue weighted by molar-refractivity contribution is -0.137. The molecule has 0 aliphatic heterocycles. The van der Waals surface area contributed by atoms with Crippen LogP contribution in [0.2, 0.25) is 0 Å². The Morgan fingerprint density at radius 1 is 1.15 bits per heavy atom. The van der Waals surface area contributed by atoms with Crippen LogP contribution in [0.1, 0.15) is 38.5 Å². The molecule has 1 N–H and O–H groups in total. The SMILES string of the molecule is O=C=NCCCCCCCC(=O)O. The predicted molar refractivity (Wildman–Crippen MR) is 48.3 cm³/mol. The highest BCUT2D eigenvalue weighted by Crippen LogP contribution is 2.05. The molecule has 0 radical (unpaired) electrons. The third kappa shape index (κ3) is 10.8. The van der Waals surface area contributed by atoms with Crippen LogP contribution in [-0.2, 0) is 9.59 Å². The summed E-state index contributed by atoms with van der Waals surface area (Å²) in [5.41, 5.74) is 0. The van der Waals surface area contributed by atoms with Gasteiger partial charge in [0.15, 0.2) is 0 Å². The highest BCUT2D eigenvalue weighted by atomic mass is 16.4. The molecule has 0 heterocycles. The van der Waals surface area contributed by atoms with Crippen molar-refractivity contribution in [2.45, 2.75) is 38.5 Å². The van der Waals surface area contributed by atoms with Crippen LogP contribution in [0.25, 0.3) is 0 Å². The number of hydrogen-bond donors (Lipinski definition) is 1. The number of unbranched alkanes of at least 4 members (excludes halogenated alkanes) is 4. The number of carboxylic acid groups (broad SMARTS) is 1. The molecule has 0 aromatic rings. The molecule has 0 saturated heterocycles. The molecule has 0 unspecified atom stereocenters. The first-order valence-electron chi connectivity index (χ1n) is 4.53. The van der Waals surface area contributed by atoms with Crippen LogP contribution < -0.4 is 0 Å². The Bertz CT molecular complexity index is 179. The fourth-order valence-corrected chi connectivity index (χ4v) is 1.04. The highest BCUT2D eigenvalue weighted by molar-refractivity contribution is 5.66. The van der Waals surface area contributed by atoms with E-state index in [2.05, 4.69) is 4.99 Å². The van der Waals surface area contributed by atoms with E-state index < -0.39 is 5.97 Å². The molecule has 4 heteroatoms. The van der Waals surface area contributed by atoms with E-state index in [1.165, 1.54) is 6.08 Å². The van der Waals surface area contributed by atoms with Gasteiger partial charge in [0.05, 0.1) is 6.54 Å². The Hall–Kier alpha value is -1.15. The number of aliphatic imine (C=N–C) groups is 1. The van der Waals surface area contributed by atoms with Crippen LogP contribution in [0.3, 0.4) is 0 Å². The summed E-state index contributed by atoms with van der Waals surface area (Å²) in [4.78, 5) is 23.2. The fourth-order valence-electron chi connectivity index (χ4n) is 1.04. The summed E-state index contributed by atoms with van der Waals surface area (Å²) >= 11 is 0. The molecule has 0 amide bonds. The van der Waals surface area contributed by atoms with Gasteiger partial charge >= 0.3 is 5.97 Å². The Morgan fingerprint density at radius 2 is 1.77 bits per heavy atom. The van der Waals surface area contributed by atoms with Gasteiger partial charge in [-0.1, -0.05) is 19.3 Å². The Morgan fingerprint density at radius 3 is 2.38 bits per heavy atom. The van der Waals surface area contributed by atoms with Crippen LogP contribution in [-0.4, -0.2) is 23.7 Å². The Kier molecular flexibility index (Phi) is 8.15.